The maximum atomic E-state index is 12.0. The van der Waals surface area contributed by atoms with Crippen LogP contribution in [-0.4, -0.2) is 12.6 Å². The van der Waals surface area contributed by atoms with Crippen molar-refractivity contribution in [2.75, 3.05) is 6.61 Å². The zero-order valence-corrected chi connectivity index (χ0v) is 15.7. The highest BCUT2D eigenvalue weighted by molar-refractivity contribution is 6.35. The van der Waals surface area contributed by atoms with E-state index in [0.717, 1.165) is 5.56 Å². The van der Waals surface area contributed by atoms with E-state index in [9.17, 15) is 4.79 Å². The Morgan fingerprint density at radius 2 is 1.71 bits per heavy atom. The van der Waals surface area contributed by atoms with Crippen LogP contribution in [0.2, 0.25) is 10.0 Å². The van der Waals surface area contributed by atoms with Gasteiger partial charge in [0.25, 0.3) is 0 Å². The zero-order valence-electron chi connectivity index (χ0n) is 14.2. The quantitative estimate of drug-likeness (QED) is 0.522. The van der Waals surface area contributed by atoms with Crippen LogP contribution in [0.3, 0.4) is 0 Å². The van der Waals surface area contributed by atoms with Gasteiger partial charge in [-0.25, -0.2) is 4.79 Å². The Labute approximate surface area is 152 Å². The van der Waals surface area contributed by atoms with Crippen molar-refractivity contribution in [2.24, 2.45) is 0 Å². The first-order valence-corrected chi connectivity index (χ1v) is 8.32. The van der Waals surface area contributed by atoms with Crippen molar-refractivity contribution in [3.8, 4) is 11.5 Å². The molecule has 0 saturated heterocycles. The van der Waals surface area contributed by atoms with Gasteiger partial charge in [0.1, 0.15) is 11.5 Å². The molecule has 0 spiro atoms. The van der Waals surface area contributed by atoms with Gasteiger partial charge in [0.2, 0.25) is 0 Å². The van der Waals surface area contributed by atoms with Crippen molar-refractivity contribution in [2.45, 2.75) is 33.1 Å². The van der Waals surface area contributed by atoms with Crippen LogP contribution in [-0.2, 0) is 10.2 Å². The van der Waals surface area contributed by atoms with Crippen LogP contribution in [0.5, 0.6) is 11.5 Å². The largest absolute Gasteiger partial charge is 0.480 e. The maximum absolute atomic E-state index is 12.0. The molecule has 2 rings (SSSR count). The summed E-state index contributed by atoms with van der Waals surface area (Å²) in [6.07, 6.45) is 0. The van der Waals surface area contributed by atoms with E-state index in [0.29, 0.717) is 21.5 Å². The summed E-state index contributed by atoms with van der Waals surface area (Å²) >= 11 is 11.8. The Morgan fingerprint density at radius 1 is 1.04 bits per heavy atom. The summed E-state index contributed by atoms with van der Waals surface area (Å²) in [5, 5.41) is 0.852. The third-order valence-corrected chi connectivity index (χ3v) is 4.03. The summed E-state index contributed by atoms with van der Waals surface area (Å²) in [6.45, 7) is 8.09. The molecule has 0 radical (unpaired) electrons. The van der Waals surface area contributed by atoms with Crippen LogP contribution in [0.4, 0.5) is 0 Å². The standard InChI is InChI=1S/C19H20Cl2O3/c1-12-9-13(19(2,3)4)5-7-16(12)24-18(22)11-23-17-8-6-14(20)10-15(17)21/h5-10H,11H2,1-4H3. The van der Waals surface area contributed by atoms with E-state index >= 15 is 0 Å². The van der Waals surface area contributed by atoms with Crippen LogP contribution in [0.1, 0.15) is 31.9 Å². The molecular weight excluding hydrogens is 347 g/mol. The summed E-state index contributed by atoms with van der Waals surface area (Å²) in [5.41, 5.74) is 2.13. The highest BCUT2D eigenvalue weighted by Gasteiger charge is 2.16. The van der Waals surface area contributed by atoms with Crippen LogP contribution in [0.15, 0.2) is 36.4 Å². The molecule has 0 bridgehead atoms. The van der Waals surface area contributed by atoms with E-state index in [1.54, 1.807) is 18.2 Å². The first-order chi connectivity index (χ1) is 11.2. The van der Waals surface area contributed by atoms with Gasteiger partial charge < -0.3 is 9.47 Å². The Kier molecular flexibility index (Phi) is 5.79. The highest BCUT2D eigenvalue weighted by Crippen LogP contribution is 2.29. The molecule has 0 amide bonds. The van der Waals surface area contributed by atoms with Crippen LogP contribution in [0.25, 0.3) is 0 Å². The third-order valence-electron chi connectivity index (χ3n) is 3.50. The van der Waals surface area contributed by atoms with Gasteiger partial charge in [-0.15, -0.1) is 0 Å². The van der Waals surface area contributed by atoms with Crippen molar-refractivity contribution in [3.63, 3.8) is 0 Å². The molecule has 0 heterocycles. The number of halogens is 2. The van der Waals surface area contributed by atoms with Gasteiger partial charge >= 0.3 is 5.97 Å². The summed E-state index contributed by atoms with van der Waals surface area (Å²) < 4.78 is 10.7. The molecule has 0 aromatic heterocycles. The first kappa shape index (κ1) is 18.6. The van der Waals surface area contributed by atoms with Gasteiger partial charge in [0.05, 0.1) is 5.02 Å². The summed E-state index contributed by atoms with van der Waals surface area (Å²) in [6, 6.07) is 10.6. The van der Waals surface area contributed by atoms with Crippen molar-refractivity contribution < 1.29 is 14.3 Å². The summed E-state index contributed by atoms with van der Waals surface area (Å²) in [7, 11) is 0. The molecule has 0 unspecified atom stereocenters. The number of ether oxygens (including phenoxy) is 2. The van der Waals surface area contributed by atoms with E-state index in [4.69, 9.17) is 32.7 Å². The minimum absolute atomic E-state index is 0.0434. The number of hydrogen-bond donors (Lipinski definition) is 0. The number of esters is 1. The summed E-state index contributed by atoms with van der Waals surface area (Å²) in [5.74, 6) is 0.421. The van der Waals surface area contributed by atoms with Crippen LogP contribution in [0, 0.1) is 6.92 Å². The van der Waals surface area contributed by atoms with Crippen molar-refractivity contribution in [1.29, 1.82) is 0 Å². The zero-order chi connectivity index (χ0) is 17.9. The van der Waals surface area contributed by atoms with E-state index < -0.39 is 5.97 Å². The molecule has 3 nitrogen and oxygen atoms in total. The van der Waals surface area contributed by atoms with Gasteiger partial charge in [-0.2, -0.15) is 0 Å². The fraction of sp³-hybridized carbons (Fsp3) is 0.316. The number of aryl methyl sites for hydroxylation is 1. The van der Waals surface area contributed by atoms with E-state index in [-0.39, 0.29) is 12.0 Å². The first-order valence-electron chi connectivity index (χ1n) is 7.56. The molecule has 128 valence electrons. The lowest BCUT2D eigenvalue weighted by atomic mass is 9.86. The number of carbonyl (C=O) groups excluding carboxylic acids is 1. The van der Waals surface area contributed by atoms with Gasteiger partial charge in [0, 0.05) is 5.02 Å². The molecule has 0 saturated carbocycles. The number of rotatable bonds is 4. The molecule has 0 aliphatic carbocycles. The highest BCUT2D eigenvalue weighted by atomic mass is 35.5. The Morgan fingerprint density at radius 3 is 2.29 bits per heavy atom. The summed E-state index contributed by atoms with van der Waals surface area (Å²) in [4.78, 5) is 12.0. The monoisotopic (exact) mass is 366 g/mol. The van der Waals surface area contributed by atoms with E-state index in [2.05, 4.69) is 20.8 Å². The molecule has 0 N–H and O–H groups in total. The smallest absolute Gasteiger partial charge is 0.349 e. The Bertz CT molecular complexity index is 749. The number of carbonyl (C=O) groups is 1. The lowest BCUT2D eigenvalue weighted by Crippen LogP contribution is -2.18. The molecule has 0 atom stereocenters. The maximum Gasteiger partial charge on any atom is 0.349 e. The second kappa shape index (κ2) is 7.45. The van der Waals surface area contributed by atoms with Gasteiger partial charge in [0.15, 0.2) is 6.61 Å². The second-order valence-electron chi connectivity index (χ2n) is 6.57. The predicted molar refractivity (Wildman–Crippen MR) is 97.5 cm³/mol. The molecular formula is C19H20Cl2O3. The van der Waals surface area contributed by atoms with E-state index in [1.807, 2.05) is 25.1 Å². The van der Waals surface area contributed by atoms with Crippen molar-refractivity contribution in [1.82, 2.24) is 0 Å². The molecule has 0 fully saturated rings. The third kappa shape index (κ3) is 4.89. The van der Waals surface area contributed by atoms with Gasteiger partial charge in [-0.1, -0.05) is 56.1 Å². The van der Waals surface area contributed by atoms with Crippen LogP contribution >= 0.6 is 23.2 Å². The predicted octanol–water partition coefficient (Wildman–Crippen LogP) is 5.58. The van der Waals surface area contributed by atoms with Crippen LogP contribution < -0.4 is 9.47 Å². The fourth-order valence-corrected chi connectivity index (χ4v) is 2.57. The lowest BCUT2D eigenvalue weighted by Gasteiger charge is -2.20. The van der Waals surface area contributed by atoms with Crippen molar-refractivity contribution in [3.05, 3.63) is 57.6 Å². The minimum atomic E-state index is -0.493. The Hall–Kier alpha value is -1.71. The molecule has 2 aromatic rings. The molecule has 2 aromatic carbocycles. The molecule has 5 heteroatoms. The molecule has 0 aliphatic heterocycles. The van der Waals surface area contributed by atoms with Gasteiger partial charge in [-0.05, 0) is 47.7 Å². The average Bonchev–Trinajstić information content (AvgIpc) is 2.47. The molecule has 0 aliphatic rings. The molecule has 24 heavy (non-hydrogen) atoms. The minimum Gasteiger partial charge on any atom is -0.480 e. The number of hydrogen-bond acceptors (Lipinski definition) is 3. The average molecular weight is 367 g/mol. The van der Waals surface area contributed by atoms with Gasteiger partial charge in [-0.3, -0.25) is 0 Å². The Balaban J connectivity index is 2.00. The topological polar surface area (TPSA) is 35.5 Å². The van der Waals surface area contributed by atoms with Crippen molar-refractivity contribution >= 4 is 29.2 Å². The number of benzene rings is 2. The lowest BCUT2D eigenvalue weighted by molar-refractivity contribution is -0.136. The normalized spacial score (nSPS) is 11.2. The second-order valence-corrected chi connectivity index (χ2v) is 7.41. The van der Waals surface area contributed by atoms with E-state index in [1.165, 1.54) is 5.56 Å². The fourth-order valence-electron chi connectivity index (χ4n) is 2.11. The SMILES string of the molecule is Cc1cc(C(C)(C)C)ccc1OC(=O)COc1ccc(Cl)cc1Cl.